The highest BCUT2D eigenvalue weighted by Gasteiger charge is 2.08. The molecule has 1 atom stereocenters. The van der Waals surface area contributed by atoms with Gasteiger partial charge in [0.25, 0.3) is 5.91 Å². The second kappa shape index (κ2) is 7.38. The largest absolute Gasteiger partial charge is 0.368 e. The summed E-state index contributed by atoms with van der Waals surface area (Å²) in [5.41, 5.74) is 7.53. The molecule has 0 fully saturated rings. The molecule has 22 heavy (non-hydrogen) atoms. The van der Waals surface area contributed by atoms with E-state index in [0.29, 0.717) is 12.1 Å². The van der Waals surface area contributed by atoms with Crippen molar-refractivity contribution in [3.8, 4) is 0 Å². The zero-order valence-electron chi connectivity index (χ0n) is 12.4. The molecule has 5 heteroatoms. The zero-order chi connectivity index (χ0) is 15.9. The van der Waals surface area contributed by atoms with Crippen LogP contribution in [0.2, 0.25) is 0 Å². The molecule has 0 unspecified atom stereocenters. The maximum atomic E-state index is 12.0. The minimum atomic E-state index is -0.383. The van der Waals surface area contributed by atoms with Gasteiger partial charge in [-0.3, -0.25) is 9.59 Å². The van der Waals surface area contributed by atoms with E-state index in [0.717, 1.165) is 11.3 Å². The van der Waals surface area contributed by atoms with Crippen LogP contribution in [0.1, 0.15) is 22.8 Å². The van der Waals surface area contributed by atoms with Gasteiger partial charge >= 0.3 is 0 Å². The van der Waals surface area contributed by atoms with Crippen molar-refractivity contribution in [2.45, 2.75) is 19.5 Å². The molecule has 0 aliphatic rings. The van der Waals surface area contributed by atoms with Gasteiger partial charge in [-0.1, -0.05) is 30.3 Å². The minimum absolute atomic E-state index is 0.145. The number of anilines is 1. The number of nitrogens with two attached hydrogens (primary N) is 1. The molecule has 2 aromatic rings. The summed E-state index contributed by atoms with van der Waals surface area (Å²) < 4.78 is 0. The lowest BCUT2D eigenvalue weighted by Crippen LogP contribution is -2.38. The van der Waals surface area contributed by atoms with Crippen LogP contribution in [-0.2, 0) is 11.3 Å². The van der Waals surface area contributed by atoms with Gasteiger partial charge in [0, 0.05) is 17.8 Å². The fourth-order valence-corrected chi connectivity index (χ4v) is 1.87. The van der Waals surface area contributed by atoms with Crippen LogP contribution in [0.4, 0.5) is 5.69 Å². The van der Waals surface area contributed by atoms with E-state index in [1.54, 1.807) is 19.1 Å². The number of amides is 2. The van der Waals surface area contributed by atoms with Crippen molar-refractivity contribution in [3.05, 3.63) is 65.7 Å². The van der Waals surface area contributed by atoms with E-state index in [-0.39, 0.29) is 17.9 Å². The molecule has 0 aliphatic heterocycles. The Morgan fingerprint density at radius 3 is 2.27 bits per heavy atom. The second-order valence-electron chi connectivity index (χ2n) is 5.02. The molecule has 0 saturated heterocycles. The van der Waals surface area contributed by atoms with Crippen LogP contribution in [0.3, 0.4) is 0 Å². The summed E-state index contributed by atoms with van der Waals surface area (Å²) in [6, 6.07) is 16.1. The molecule has 2 aromatic carbocycles. The summed E-state index contributed by atoms with van der Waals surface area (Å²) in [5.74, 6) is -0.527. The Labute approximate surface area is 129 Å². The monoisotopic (exact) mass is 297 g/mol. The number of hydrogen-bond acceptors (Lipinski definition) is 3. The first kappa shape index (κ1) is 15.7. The van der Waals surface area contributed by atoms with Gasteiger partial charge in [-0.2, -0.15) is 0 Å². The standard InChI is InChI=1S/C17H19N3O2/c1-12(16(18)21)19-11-13-7-9-15(10-8-13)20-17(22)14-5-3-2-4-6-14/h2-10,12,19H,11H2,1H3,(H2,18,21)(H,20,22)/t12-/m0/s1. The predicted molar refractivity (Wildman–Crippen MR) is 86.3 cm³/mol. The number of carbonyl (C=O) groups excluding carboxylic acids is 2. The highest BCUT2D eigenvalue weighted by Crippen LogP contribution is 2.11. The Kier molecular flexibility index (Phi) is 5.27. The average molecular weight is 297 g/mol. The maximum Gasteiger partial charge on any atom is 0.255 e. The van der Waals surface area contributed by atoms with Crippen molar-refractivity contribution < 1.29 is 9.59 Å². The molecule has 0 bridgehead atoms. The van der Waals surface area contributed by atoms with E-state index in [4.69, 9.17) is 5.73 Å². The van der Waals surface area contributed by atoms with Crippen LogP contribution in [0.5, 0.6) is 0 Å². The molecule has 2 amide bonds. The van der Waals surface area contributed by atoms with Gasteiger partial charge in [0.1, 0.15) is 0 Å². The molecular weight excluding hydrogens is 278 g/mol. The fourth-order valence-electron chi connectivity index (χ4n) is 1.87. The second-order valence-corrected chi connectivity index (χ2v) is 5.02. The third-order valence-electron chi connectivity index (χ3n) is 3.29. The lowest BCUT2D eigenvalue weighted by Gasteiger charge is -2.10. The third-order valence-corrected chi connectivity index (χ3v) is 3.29. The molecule has 0 aromatic heterocycles. The van der Waals surface area contributed by atoms with Gasteiger partial charge in [-0.05, 0) is 36.8 Å². The normalized spacial score (nSPS) is 11.7. The summed E-state index contributed by atoms with van der Waals surface area (Å²) in [7, 11) is 0. The summed E-state index contributed by atoms with van der Waals surface area (Å²) in [6.07, 6.45) is 0. The van der Waals surface area contributed by atoms with Gasteiger partial charge in [0.15, 0.2) is 0 Å². The molecular formula is C17H19N3O2. The summed E-state index contributed by atoms with van der Waals surface area (Å²) in [4.78, 5) is 23.0. The number of primary amides is 1. The topological polar surface area (TPSA) is 84.2 Å². The number of rotatable bonds is 6. The van der Waals surface area contributed by atoms with E-state index in [9.17, 15) is 9.59 Å². The van der Waals surface area contributed by atoms with Crippen molar-refractivity contribution in [3.63, 3.8) is 0 Å². The molecule has 4 N–H and O–H groups in total. The van der Waals surface area contributed by atoms with Gasteiger partial charge < -0.3 is 16.4 Å². The quantitative estimate of drug-likeness (QED) is 0.761. The molecule has 114 valence electrons. The molecule has 0 aliphatic carbocycles. The Morgan fingerprint density at radius 1 is 1.05 bits per heavy atom. The van der Waals surface area contributed by atoms with Gasteiger partial charge in [0.05, 0.1) is 6.04 Å². The molecule has 0 saturated carbocycles. The molecule has 0 heterocycles. The lowest BCUT2D eigenvalue weighted by atomic mass is 10.1. The Balaban J connectivity index is 1.92. The Bertz CT molecular complexity index is 639. The van der Waals surface area contributed by atoms with Gasteiger partial charge in [-0.25, -0.2) is 0 Å². The van der Waals surface area contributed by atoms with E-state index >= 15 is 0 Å². The molecule has 0 radical (unpaired) electrons. The van der Waals surface area contributed by atoms with E-state index < -0.39 is 0 Å². The minimum Gasteiger partial charge on any atom is -0.368 e. The van der Waals surface area contributed by atoms with Crippen LogP contribution in [0.15, 0.2) is 54.6 Å². The van der Waals surface area contributed by atoms with Crippen LogP contribution < -0.4 is 16.4 Å². The van der Waals surface area contributed by atoms with Crippen molar-refractivity contribution in [2.75, 3.05) is 5.32 Å². The Hall–Kier alpha value is -2.66. The van der Waals surface area contributed by atoms with Crippen LogP contribution in [0, 0.1) is 0 Å². The number of benzene rings is 2. The van der Waals surface area contributed by atoms with Crippen molar-refractivity contribution >= 4 is 17.5 Å². The average Bonchev–Trinajstić information content (AvgIpc) is 2.54. The maximum absolute atomic E-state index is 12.0. The first-order valence-corrected chi connectivity index (χ1v) is 7.04. The van der Waals surface area contributed by atoms with Gasteiger partial charge in [0.2, 0.25) is 5.91 Å². The fraction of sp³-hybridized carbons (Fsp3) is 0.176. The SMILES string of the molecule is C[C@H](NCc1ccc(NC(=O)c2ccccc2)cc1)C(N)=O. The zero-order valence-corrected chi connectivity index (χ0v) is 12.4. The van der Waals surface area contributed by atoms with Crippen molar-refractivity contribution in [1.29, 1.82) is 0 Å². The number of carbonyl (C=O) groups is 2. The predicted octanol–water partition coefficient (Wildman–Crippen LogP) is 1.90. The highest BCUT2D eigenvalue weighted by atomic mass is 16.2. The van der Waals surface area contributed by atoms with E-state index in [2.05, 4.69) is 10.6 Å². The first-order valence-electron chi connectivity index (χ1n) is 7.04. The van der Waals surface area contributed by atoms with E-state index in [1.807, 2.05) is 42.5 Å². The smallest absolute Gasteiger partial charge is 0.255 e. The van der Waals surface area contributed by atoms with E-state index in [1.165, 1.54) is 0 Å². The first-order chi connectivity index (χ1) is 10.6. The number of nitrogens with one attached hydrogen (secondary N) is 2. The molecule has 0 spiro atoms. The van der Waals surface area contributed by atoms with Crippen LogP contribution in [0.25, 0.3) is 0 Å². The third kappa shape index (κ3) is 4.43. The van der Waals surface area contributed by atoms with Crippen LogP contribution >= 0.6 is 0 Å². The van der Waals surface area contributed by atoms with Crippen molar-refractivity contribution in [1.82, 2.24) is 5.32 Å². The summed E-state index contributed by atoms with van der Waals surface area (Å²) in [6.45, 7) is 2.26. The Morgan fingerprint density at radius 2 is 1.68 bits per heavy atom. The van der Waals surface area contributed by atoms with Crippen LogP contribution in [-0.4, -0.2) is 17.9 Å². The summed E-state index contributed by atoms with van der Waals surface area (Å²) >= 11 is 0. The molecule has 5 nitrogen and oxygen atoms in total. The lowest BCUT2D eigenvalue weighted by molar-refractivity contribution is -0.119. The summed E-state index contributed by atoms with van der Waals surface area (Å²) in [5, 5.41) is 5.86. The van der Waals surface area contributed by atoms with Gasteiger partial charge in [-0.15, -0.1) is 0 Å². The number of hydrogen-bond donors (Lipinski definition) is 3. The molecule has 2 rings (SSSR count). The highest BCUT2D eigenvalue weighted by molar-refractivity contribution is 6.04. The van der Waals surface area contributed by atoms with Crippen molar-refractivity contribution in [2.24, 2.45) is 5.73 Å².